The van der Waals surface area contributed by atoms with Crippen molar-refractivity contribution in [3.63, 3.8) is 0 Å². The predicted octanol–water partition coefficient (Wildman–Crippen LogP) is 7.16. The van der Waals surface area contributed by atoms with Crippen molar-refractivity contribution < 1.29 is 19.8 Å². The summed E-state index contributed by atoms with van der Waals surface area (Å²) >= 11 is 1.52. The molecule has 1 aromatic heterocycles. The molecule has 8 heteroatoms. The molecule has 0 saturated carbocycles. The van der Waals surface area contributed by atoms with Crippen LogP contribution in [0.15, 0.2) is 23.9 Å². The molecule has 2 unspecified atom stereocenters. The first-order valence-corrected chi connectivity index (χ1v) is 14.5. The van der Waals surface area contributed by atoms with Gasteiger partial charge in [-0.05, 0) is 43.6 Å². The quantitative estimate of drug-likeness (QED) is 0.122. The molecule has 3 atom stereocenters. The van der Waals surface area contributed by atoms with Crippen molar-refractivity contribution in [3.8, 4) is 0 Å². The van der Waals surface area contributed by atoms with E-state index in [-0.39, 0.29) is 11.6 Å². The van der Waals surface area contributed by atoms with Crippen LogP contribution in [0, 0.1) is 17.8 Å². The number of allylic oxidation sites excluding steroid dienone is 1. The Hall–Kier alpha value is -2.09. The molecule has 0 bridgehead atoms. The van der Waals surface area contributed by atoms with E-state index in [4.69, 9.17) is 5.11 Å². The second-order valence-corrected chi connectivity index (χ2v) is 11.6. The van der Waals surface area contributed by atoms with E-state index in [0.717, 1.165) is 29.9 Å². The highest BCUT2D eigenvalue weighted by Gasteiger charge is 2.19. The van der Waals surface area contributed by atoms with Gasteiger partial charge in [-0.25, -0.2) is 19.6 Å². The van der Waals surface area contributed by atoms with Crippen molar-refractivity contribution in [2.24, 2.45) is 17.8 Å². The zero-order valence-corrected chi connectivity index (χ0v) is 23.6. The summed E-state index contributed by atoms with van der Waals surface area (Å²) < 4.78 is 0. The lowest BCUT2D eigenvalue weighted by atomic mass is 9.91. The first-order valence-electron chi connectivity index (χ1n) is 13.4. The molecule has 0 saturated heterocycles. The molecule has 204 valence electrons. The molecule has 1 aromatic rings. The molecular formula is C28H47N3O4S. The normalized spacial score (nSPS) is 14.4. The minimum atomic E-state index is -1.18. The van der Waals surface area contributed by atoms with Crippen LogP contribution in [0.5, 0.6) is 0 Å². The van der Waals surface area contributed by atoms with Gasteiger partial charge in [-0.1, -0.05) is 84.3 Å². The fourth-order valence-electron chi connectivity index (χ4n) is 4.07. The van der Waals surface area contributed by atoms with Gasteiger partial charge in [0.2, 0.25) is 5.95 Å². The number of aromatic nitrogens is 2. The molecule has 36 heavy (non-hydrogen) atoms. The molecule has 0 spiro atoms. The fourth-order valence-corrected chi connectivity index (χ4v) is 5.07. The van der Waals surface area contributed by atoms with Crippen molar-refractivity contribution in [3.05, 3.63) is 29.6 Å². The van der Waals surface area contributed by atoms with E-state index < -0.39 is 18.0 Å². The summed E-state index contributed by atoms with van der Waals surface area (Å²) in [4.78, 5) is 30.4. The second kappa shape index (κ2) is 18.2. The molecule has 0 radical (unpaired) electrons. The highest BCUT2D eigenvalue weighted by Crippen LogP contribution is 2.22. The van der Waals surface area contributed by atoms with Crippen molar-refractivity contribution in [2.45, 2.75) is 98.4 Å². The molecule has 3 N–H and O–H groups in total. The SMILES string of the molecule is C/C(=C\CSC[C@H](Nc1nccc(C(=O)O)n1)C(=O)O)CCCC(C)CCCC(C)CCCC(C)C. The maximum absolute atomic E-state index is 11.6. The first kappa shape index (κ1) is 31.9. The Labute approximate surface area is 222 Å². The van der Waals surface area contributed by atoms with Gasteiger partial charge in [-0.3, -0.25) is 0 Å². The second-order valence-electron chi connectivity index (χ2n) is 10.6. The third-order valence-electron chi connectivity index (χ3n) is 6.45. The standard InChI is InChI=1S/C28H47N3O4S/c1-20(2)9-6-10-21(3)11-7-12-22(4)13-8-14-23(5)16-18-36-19-25(27(34)35)31-28-29-17-15-24(30-28)26(32)33/h15-17,20-22,25H,6-14,18-19H2,1-5H3,(H,32,33)(H,34,35)(H,29,30,31)/b23-16+/t21?,22?,25-/m0/s1. The monoisotopic (exact) mass is 521 g/mol. The Morgan fingerprint density at radius 1 is 1.00 bits per heavy atom. The number of rotatable bonds is 20. The Morgan fingerprint density at radius 2 is 1.61 bits per heavy atom. The highest BCUT2D eigenvalue weighted by atomic mass is 32.2. The average Bonchev–Trinajstić information content (AvgIpc) is 2.80. The number of hydrogen-bond acceptors (Lipinski definition) is 6. The fraction of sp³-hybridized carbons (Fsp3) is 0.714. The summed E-state index contributed by atoms with van der Waals surface area (Å²) in [6, 6.07) is 0.370. The first-order chi connectivity index (χ1) is 17.1. The molecule has 0 aromatic carbocycles. The largest absolute Gasteiger partial charge is 0.480 e. The van der Waals surface area contributed by atoms with Gasteiger partial charge in [0.15, 0.2) is 5.69 Å². The summed E-state index contributed by atoms with van der Waals surface area (Å²) in [5, 5.41) is 21.2. The van der Waals surface area contributed by atoms with Gasteiger partial charge in [0.05, 0.1) is 0 Å². The topological polar surface area (TPSA) is 112 Å². The number of aliphatic carboxylic acids is 1. The van der Waals surface area contributed by atoms with Gasteiger partial charge >= 0.3 is 11.9 Å². The maximum atomic E-state index is 11.6. The number of anilines is 1. The van der Waals surface area contributed by atoms with E-state index >= 15 is 0 Å². The van der Waals surface area contributed by atoms with Crippen molar-refractivity contribution in [1.82, 2.24) is 9.97 Å². The van der Waals surface area contributed by atoms with Crippen LogP contribution in [0.1, 0.15) is 103 Å². The van der Waals surface area contributed by atoms with Gasteiger partial charge in [-0.2, -0.15) is 11.8 Å². The highest BCUT2D eigenvalue weighted by molar-refractivity contribution is 7.99. The van der Waals surface area contributed by atoms with Gasteiger partial charge < -0.3 is 15.5 Å². The maximum Gasteiger partial charge on any atom is 0.354 e. The van der Waals surface area contributed by atoms with E-state index in [0.29, 0.717) is 5.75 Å². The van der Waals surface area contributed by atoms with Crippen molar-refractivity contribution in [2.75, 3.05) is 16.8 Å². The van der Waals surface area contributed by atoms with E-state index in [1.807, 2.05) is 0 Å². The van der Waals surface area contributed by atoms with Crippen LogP contribution in [-0.4, -0.2) is 49.7 Å². The molecule has 0 aliphatic carbocycles. The minimum Gasteiger partial charge on any atom is -0.480 e. The van der Waals surface area contributed by atoms with Gasteiger partial charge in [0, 0.05) is 17.7 Å². The lowest BCUT2D eigenvalue weighted by Gasteiger charge is -2.15. The molecule has 1 rings (SSSR count). The van der Waals surface area contributed by atoms with Gasteiger partial charge in [0.25, 0.3) is 0 Å². The van der Waals surface area contributed by atoms with Crippen molar-refractivity contribution >= 4 is 29.6 Å². The number of thioether (sulfide) groups is 1. The van der Waals surface area contributed by atoms with Crippen LogP contribution in [0.4, 0.5) is 5.95 Å². The van der Waals surface area contributed by atoms with Crippen LogP contribution < -0.4 is 5.32 Å². The summed E-state index contributed by atoms with van der Waals surface area (Å²) in [6.07, 6.45) is 15.1. The summed E-state index contributed by atoms with van der Waals surface area (Å²) in [5.74, 6) is 1.29. The molecule has 0 aliphatic heterocycles. The number of carbonyl (C=O) groups is 2. The predicted molar refractivity (Wildman–Crippen MR) is 150 cm³/mol. The Balaban J connectivity index is 2.24. The Kier molecular flexibility index (Phi) is 16.1. The van der Waals surface area contributed by atoms with Crippen molar-refractivity contribution in [1.29, 1.82) is 0 Å². The van der Waals surface area contributed by atoms with E-state index in [2.05, 4.69) is 56.0 Å². The number of nitrogens with one attached hydrogen (secondary N) is 1. The Morgan fingerprint density at radius 3 is 2.19 bits per heavy atom. The lowest BCUT2D eigenvalue weighted by molar-refractivity contribution is -0.137. The number of aromatic carboxylic acids is 1. The Bertz CT molecular complexity index is 816. The zero-order valence-electron chi connectivity index (χ0n) is 22.8. The number of carboxylic acids is 2. The summed E-state index contributed by atoms with van der Waals surface area (Å²) in [7, 11) is 0. The number of nitrogens with zero attached hydrogens (tertiary/aromatic N) is 2. The van der Waals surface area contributed by atoms with E-state index in [9.17, 15) is 14.7 Å². The average molecular weight is 522 g/mol. The van der Waals surface area contributed by atoms with Crippen LogP contribution >= 0.6 is 11.8 Å². The van der Waals surface area contributed by atoms with Crippen LogP contribution in [0.25, 0.3) is 0 Å². The van der Waals surface area contributed by atoms with E-state index in [1.165, 1.54) is 81.0 Å². The summed E-state index contributed by atoms with van der Waals surface area (Å²) in [5.41, 5.74) is 1.16. The van der Waals surface area contributed by atoms with Gasteiger partial charge in [-0.15, -0.1) is 0 Å². The molecule has 7 nitrogen and oxygen atoms in total. The number of hydrogen-bond donors (Lipinski definition) is 3. The molecular weight excluding hydrogens is 474 g/mol. The van der Waals surface area contributed by atoms with Crippen LogP contribution in [0.3, 0.4) is 0 Å². The molecule has 1 heterocycles. The minimum absolute atomic E-state index is 0.00401. The molecule has 0 amide bonds. The van der Waals surface area contributed by atoms with E-state index in [1.54, 1.807) is 0 Å². The molecule has 0 fully saturated rings. The number of carboxylic acid groups (broad SMARTS) is 2. The molecule has 0 aliphatic rings. The van der Waals surface area contributed by atoms with Gasteiger partial charge in [0.1, 0.15) is 6.04 Å². The summed E-state index contributed by atoms with van der Waals surface area (Å²) in [6.45, 7) is 11.5. The third-order valence-corrected chi connectivity index (χ3v) is 7.42. The zero-order chi connectivity index (χ0) is 26.9. The van der Waals surface area contributed by atoms with Crippen LogP contribution in [-0.2, 0) is 4.79 Å². The third kappa shape index (κ3) is 15.1. The van der Waals surface area contributed by atoms with Crippen LogP contribution in [0.2, 0.25) is 0 Å². The smallest absolute Gasteiger partial charge is 0.354 e. The lowest BCUT2D eigenvalue weighted by Crippen LogP contribution is -2.32.